The zero-order chi connectivity index (χ0) is 14.3. The number of carbonyl (C=O) groups is 1. The van der Waals surface area contributed by atoms with Gasteiger partial charge >= 0.3 is 0 Å². The van der Waals surface area contributed by atoms with Gasteiger partial charge in [-0.15, -0.1) is 0 Å². The van der Waals surface area contributed by atoms with Crippen molar-refractivity contribution in [1.82, 2.24) is 23.9 Å². The largest absolute Gasteiger partial charge is 0.364 e. The maximum Gasteiger partial charge on any atom is 0.268 e. The van der Waals surface area contributed by atoms with E-state index in [4.69, 9.17) is 5.73 Å². The van der Waals surface area contributed by atoms with E-state index >= 15 is 0 Å². The van der Waals surface area contributed by atoms with E-state index in [9.17, 15) is 4.79 Å². The molecule has 0 fully saturated rings. The van der Waals surface area contributed by atoms with Crippen LogP contribution in [0.2, 0.25) is 0 Å². The number of amides is 1. The summed E-state index contributed by atoms with van der Waals surface area (Å²) in [6.07, 6.45) is 7.06. The van der Waals surface area contributed by atoms with Crippen molar-refractivity contribution in [2.75, 3.05) is 0 Å². The van der Waals surface area contributed by atoms with E-state index < -0.39 is 5.91 Å². The predicted octanol–water partition coefficient (Wildman–Crippen LogP) is 0.690. The summed E-state index contributed by atoms with van der Waals surface area (Å²) in [7, 11) is 0. The first-order valence-corrected chi connectivity index (χ1v) is 6.16. The molecule has 7 heteroatoms. The Morgan fingerprint density at radius 2 is 1.90 bits per heavy atom. The summed E-state index contributed by atoms with van der Waals surface area (Å²) >= 11 is 0. The minimum Gasteiger partial charge on any atom is -0.364 e. The maximum atomic E-state index is 11.1. The minimum atomic E-state index is -0.539. The highest BCUT2D eigenvalue weighted by Gasteiger charge is 2.10. The molecule has 0 saturated heterocycles. The lowest BCUT2D eigenvalue weighted by atomic mass is 10.3. The second kappa shape index (κ2) is 4.44. The summed E-state index contributed by atoms with van der Waals surface area (Å²) in [6.45, 7) is 4.36. The van der Waals surface area contributed by atoms with Crippen LogP contribution in [0.4, 0.5) is 0 Å². The van der Waals surface area contributed by atoms with Gasteiger partial charge in [0.15, 0.2) is 5.65 Å². The summed E-state index contributed by atoms with van der Waals surface area (Å²) in [5, 5.41) is 0. The van der Waals surface area contributed by atoms with Crippen LogP contribution in [-0.4, -0.2) is 29.8 Å². The van der Waals surface area contributed by atoms with Crippen molar-refractivity contribution in [2.45, 2.75) is 20.4 Å². The van der Waals surface area contributed by atoms with Gasteiger partial charge in [0.05, 0.1) is 24.3 Å². The molecule has 0 aliphatic carbocycles. The van der Waals surface area contributed by atoms with Gasteiger partial charge in [0.25, 0.3) is 5.91 Å². The zero-order valence-corrected chi connectivity index (χ0v) is 11.2. The predicted molar refractivity (Wildman–Crippen MR) is 72.3 cm³/mol. The van der Waals surface area contributed by atoms with Gasteiger partial charge in [-0.2, -0.15) is 0 Å². The van der Waals surface area contributed by atoms with E-state index in [0.717, 1.165) is 22.7 Å². The summed E-state index contributed by atoms with van der Waals surface area (Å²) < 4.78 is 3.73. The Kier molecular flexibility index (Phi) is 2.74. The number of aromatic nitrogens is 5. The Hall–Kier alpha value is -2.70. The van der Waals surface area contributed by atoms with Gasteiger partial charge in [-0.05, 0) is 13.8 Å². The lowest BCUT2D eigenvalue weighted by molar-refractivity contribution is 0.0996. The Labute approximate surface area is 115 Å². The van der Waals surface area contributed by atoms with Gasteiger partial charge in [-0.3, -0.25) is 9.78 Å². The number of nitrogens with zero attached hydrogens (tertiary/aromatic N) is 5. The van der Waals surface area contributed by atoms with E-state index in [2.05, 4.69) is 15.0 Å². The average molecular weight is 270 g/mol. The summed E-state index contributed by atoms with van der Waals surface area (Å²) in [5.74, 6) is -0.539. The number of carbonyl (C=O) groups excluding carboxylic acids is 1. The normalized spacial score (nSPS) is 11.1. The Morgan fingerprint density at radius 3 is 2.55 bits per heavy atom. The highest BCUT2D eigenvalue weighted by Crippen LogP contribution is 2.12. The fourth-order valence-corrected chi connectivity index (χ4v) is 2.17. The number of primary amides is 1. The number of rotatable bonds is 3. The number of fused-ring (bicyclic) bond motifs is 1. The van der Waals surface area contributed by atoms with Gasteiger partial charge < -0.3 is 14.7 Å². The van der Waals surface area contributed by atoms with Crippen LogP contribution in [0, 0.1) is 13.8 Å². The summed E-state index contributed by atoms with van der Waals surface area (Å²) in [5.41, 5.74) is 8.90. The van der Waals surface area contributed by atoms with Crippen molar-refractivity contribution >= 4 is 11.6 Å². The number of aryl methyl sites for hydroxylation is 2. The van der Waals surface area contributed by atoms with Gasteiger partial charge in [-0.1, -0.05) is 0 Å². The van der Waals surface area contributed by atoms with E-state index in [-0.39, 0.29) is 5.69 Å². The summed E-state index contributed by atoms with van der Waals surface area (Å²) in [6, 6.07) is 0. The number of imidazole rings is 2. The third kappa shape index (κ3) is 2.13. The van der Waals surface area contributed by atoms with Crippen LogP contribution in [-0.2, 0) is 6.54 Å². The molecule has 0 aromatic carbocycles. The zero-order valence-electron chi connectivity index (χ0n) is 11.2. The molecular formula is C13H14N6O. The molecular weight excluding hydrogens is 256 g/mol. The van der Waals surface area contributed by atoms with Crippen molar-refractivity contribution in [3.63, 3.8) is 0 Å². The molecule has 3 aromatic rings. The fraction of sp³-hybridized carbons (Fsp3) is 0.231. The Balaban J connectivity index is 2.02. The van der Waals surface area contributed by atoms with Gasteiger partial charge in [-0.25, -0.2) is 9.97 Å². The molecule has 20 heavy (non-hydrogen) atoms. The number of hydrogen-bond donors (Lipinski definition) is 1. The quantitative estimate of drug-likeness (QED) is 0.758. The first-order valence-electron chi connectivity index (χ1n) is 6.16. The first kappa shape index (κ1) is 12.3. The van der Waals surface area contributed by atoms with E-state index in [1.165, 1.54) is 0 Å². The molecule has 3 heterocycles. The second-order valence-corrected chi connectivity index (χ2v) is 4.74. The smallest absolute Gasteiger partial charge is 0.268 e. The molecule has 0 bridgehead atoms. The third-order valence-electron chi connectivity index (χ3n) is 2.97. The first-order chi connectivity index (χ1) is 9.52. The van der Waals surface area contributed by atoms with Gasteiger partial charge in [0.1, 0.15) is 11.4 Å². The standard InChI is InChI=1S/C13H14N6O/c1-8-3-19-4-9(2)17-13(19)11(16-8)6-18-5-10(12(14)20)15-7-18/h3-5,7H,6H2,1-2H3,(H2,14,20). The molecule has 1 amide bonds. The van der Waals surface area contributed by atoms with Crippen LogP contribution >= 0.6 is 0 Å². The summed E-state index contributed by atoms with van der Waals surface area (Å²) in [4.78, 5) is 24.0. The molecule has 3 aromatic heterocycles. The van der Waals surface area contributed by atoms with Gasteiger partial charge in [0.2, 0.25) is 0 Å². The lowest BCUT2D eigenvalue weighted by Gasteiger charge is -2.05. The lowest BCUT2D eigenvalue weighted by Crippen LogP contribution is -2.11. The van der Waals surface area contributed by atoms with E-state index in [1.54, 1.807) is 17.1 Å². The van der Waals surface area contributed by atoms with Crippen LogP contribution < -0.4 is 5.73 Å². The molecule has 2 N–H and O–H groups in total. The SMILES string of the molecule is Cc1cn2cc(C)nc2c(Cn2cnc(C(N)=O)c2)n1. The second-order valence-electron chi connectivity index (χ2n) is 4.74. The van der Waals surface area contributed by atoms with Crippen molar-refractivity contribution in [2.24, 2.45) is 5.73 Å². The van der Waals surface area contributed by atoms with E-state index in [1.807, 2.05) is 30.6 Å². The monoisotopic (exact) mass is 270 g/mol. The molecule has 0 saturated carbocycles. The number of hydrogen-bond acceptors (Lipinski definition) is 4. The van der Waals surface area contributed by atoms with Crippen LogP contribution in [0.3, 0.4) is 0 Å². The van der Waals surface area contributed by atoms with Crippen LogP contribution in [0.15, 0.2) is 24.9 Å². The highest BCUT2D eigenvalue weighted by molar-refractivity contribution is 5.90. The van der Waals surface area contributed by atoms with Crippen molar-refractivity contribution in [1.29, 1.82) is 0 Å². The van der Waals surface area contributed by atoms with Crippen molar-refractivity contribution in [3.05, 3.63) is 47.7 Å². The number of nitrogens with two attached hydrogens (primary N) is 1. The third-order valence-corrected chi connectivity index (χ3v) is 2.97. The molecule has 0 spiro atoms. The molecule has 0 unspecified atom stereocenters. The molecule has 0 aliphatic rings. The van der Waals surface area contributed by atoms with Crippen molar-refractivity contribution < 1.29 is 4.79 Å². The van der Waals surface area contributed by atoms with Crippen LogP contribution in [0.25, 0.3) is 5.65 Å². The molecule has 102 valence electrons. The van der Waals surface area contributed by atoms with Crippen LogP contribution in [0.5, 0.6) is 0 Å². The Morgan fingerprint density at radius 1 is 1.20 bits per heavy atom. The molecule has 0 atom stereocenters. The maximum absolute atomic E-state index is 11.1. The van der Waals surface area contributed by atoms with Crippen molar-refractivity contribution in [3.8, 4) is 0 Å². The molecule has 3 rings (SSSR count). The molecule has 0 aliphatic heterocycles. The van der Waals surface area contributed by atoms with Crippen LogP contribution in [0.1, 0.15) is 27.6 Å². The molecule has 0 radical (unpaired) electrons. The topological polar surface area (TPSA) is 91.1 Å². The Bertz CT molecular complexity index is 800. The molecule has 7 nitrogen and oxygen atoms in total. The van der Waals surface area contributed by atoms with E-state index in [0.29, 0.717) is 6.54 Å². The highest BCUT2D eigenvalue weighted by atomic mass is 16.1. The average Bonchev–Trinajstić information content (AvgIpc) is 2.95. The fourth-order valence-electron chi connectivity index (χ4n) is 2.17. The van der Waals surface area contributed by atoms with Gasteiger partial charge in [0, 0.05) is 18.6 Å². The minimum absolute atomic E-state index is 0.244.